The highest BCUT2D eigenvalue weighted by molar-refractivity contribution is 9.10. The molecule has 0 saturated heterocycles. The second kappa shape index (κ2) is 6.42. The number of benzene rings is 2. The molecule has 1 N–H and O–H groups in total. The zero-order valence-electron chi connectivity index (χ0n) is 9.79. The van der Waals surface area contributed by atoms with Gasteiger partial charge in [0.05, 0.1) is 5.02 Å². The third kappa shape index (κ3) is 3.72. The summed E-state index contributed by atoms with van der Waals surface area (Å²) in [5.41, 5.74) is 2.12. The van der Waals surface area contributed by atoms with Crippen LogP contribution >= 0.6 is 39.1 Å². The van der Waals surface area contributed by atoms with Crippen LogP contribution in [0.1, 0.15) is 15.9 Å². The monoisotopic (exact) mass is 357 g/mol. The molecule has 0 saturated carbocycles. The molecule has 2 rings (SSSR count). The van der Waals surface area contributed by atoms with E-state index in [1.165, 1.54) is 0 Å². The van der Waals surface area contributed by atoms with Crippen LogP contribution in [0.25, 0.3) is 0 Å². The zero-order chi connectivity index (χ0) is 13.8. The molecule has 0 aliphatic heterocycles. The molecule has 1 amide bonds. The van der Waals surface area contributed by atoms with E-state index in [-0.39, 0.29) is 5.91 Å². The van der Waals surface area contributed by atoms with Crippen LogP contribution in [0.15, 0.2) is 46.9 Å². The fourth-order valence-corrected chi connectivity index (χ4v) is 2.17. The maximum Gasteiger partial charge on any atom is 0.255 e. The van der Waals surface area contributed by atoms with Crippen molar-refractivity contribution in [1.29, 1.82) is 0 Å². The molecular formula is C14H10BrCl2NO. The number of carbonyl (C=O) groups excluding carboxylic acids is 1. The molecule has 0 spiro atoms. The van der Waals surface area contributed by atoms with Gasteiger partial charge in [-0.2, -0.15) is 0 Å². The summed E-state index contributed by atoms with van der Waals surface area (Å²) in [5, 5.41) is 3.34. The zero-order valence-corrected chi connectivity index (χ0v) is 12.9. The lowest BCUT2D eigenvalue weighted by atomic mass is 10.1. The van der Waals surface area contributed by atoms with E-state index >= 15 is 0 Å². The lowest BCUT2D eigenvalue weighted by molar-refractivity contribution is 0.102. The van der Waals surface area contributed by atoms with E-state index in [0.717, 1.165) is 10.0 Å². The minimum Gasteiger partial charge on any atom is -0.322 e. The largest absolute Gasteiger partial charge is 0.322 e. The van der Waals surface area contributed by atoms with Crippen molar-refractivity contribution in [2.24, 2.45) is 0 Å². The average Bonchev–Trinajstić information content (AvgIpc) is 2.43. The lowest BCUT2D eigenvalue weighted by Gasteiger charge is -2.07. The van der Waals surface area contributed by atoms with Crippen molar-refractivity contribution in [3.63, 3.8) is 0 Å². The molecule has 2 aromatic rings. The molecule has 98 valence electrons. The Bertz CT molecular complexity index is 616. The number of hydrogen-bond acceptors (Lipinski definition) is 1. The number of alkyl halides is 1. The highest BCUT2D eigenvalue weighted by Crippen LogP contribution is 2.25. The Kier molecular flexibility index (Phi) is 4.86. The van der Waals surface area contributed by atoms with Crippen molar-refractivity contribution in [2.75, 3.05) is 5.32 Å². The standard InChI is InChI=1S/C14H10BrCl2NO/c15-12-5-4-11(7-13(12)17)18-14(19)10-3-1-2-9(6-10)8-16/h1-7H,8H2,(H,18,19). The number of hydrogen-bond donors (Lipinski definition) is 1. The third-order valence-corrected chi connectivity index (χ3v) is 4.06. The van der Waals surface area contributed by atoms with Gasteiger partial charge in [-0.05, 0) is 51.8 Å². The summed E-state index contributed by atoms with van der Waals surface area (Å²) < 4.78 is 0.788. The van der Waals surface area contributed by atoms with Gasteiger partial charge in [0.15, 0.2) is 0 Å². The summed E-state index contributed by atoms with van der Waals surface area (Å²) in [6.45, 7) is 0. The summed E-state index contributed by atoms with van der Waals surface area (Å²) in [5.74, 6) is 0.191. The molecule has 2 nitrogen and oxygen atoms in total. The first kappa shape index (κ1) is 14.4. The van der Waals surface area contributed by atoms with Gasteiger partial charge >= 0.3 is 0 Å². The van der Waals surface area contributed by atoms with Crippen LogP contribution in [0.3, 0.4) is 0 Å². The van der Waals surface area contributed by atoms with Gasteiger partial charge in [0, 0.05) is 21.6 Å². The molecule has 2 aromatic carbocycles. The first-order valence-corrected chi connectivity index (χ1v) is 7.22. The van der Waals surface area contributed by atoms with Crippen molar-refractivity contribution in [3.05, 3.63) is 63.1 Å². The van der Waals surface area contributed by atoms with Gasteiger partial charge in [-0.3, -0.25) is 4.79 Å². The molecule has 0 atom stereocenters. The molecule has 0 aliphatic rings. The molecule has 0 heterocycles. The Morgan fingerprint density at radius 3 is 2.68 bits per heavy atom. The van der Waals surface area contributed by atoms with Gasteiger partial charge in [-0.25, -0.2) is 0 Å². The van der Waals surface area contributed by atoms with Gasteiger partial charge < -0.3 is 5.32 Å². The Hall–Kier alpha value is -1.03. The van der Waals surface area contributed by atoms with Gasteiger partial charge in [0.25, 0.3) is 5.91 Å². The SMILES string of the molecule is O=C(Nc1ccc(Br)c(Cl)c1)c1cccc(CCl)c1. The van der Waals surface area contributed by atoms with E-state index in [4.69, 9.17) is 23.2 Å². The Morgan fingerprint density at radius 1 is 1.21 bits per heavy atom. The first-order chi connectivity index (χ1) is 9.10. The van der Waals surface area contributed by atoms with E-state index < -0.39 is 0 Å². The van der Waals surface area contributed by atoms with Crippen LogP contribution in [0.5, 0.6) is 0 Å². The normalized spacial score (nSPS) is 10.3. The molecule has 0 bridgehead atoms. The van der Waals surface area contributed by atoms with Crippen LogP contribution in [0.4, 0.5) is 5.69 Å². The molecular weight excluding hydrogens is 349 g/mol. The molecule has 0 aromatic heterocycles. The summed E-state index contributed by atoms with van der Waals surface area (Å²) in [4.78, 5) is 12.1. The fraction of sp³-hybridized carbons (Fsp3) is 0.0714. The lowest BCUT2D eigenvalue weighted by Crippen LogP contribution is -2.12. The third-order valence-electron chi connectivity index (χ3n) is 2.52. The molecule has 0 unspecified atom stereocenters. The molecule has 0 radical (unpaired) electrons. The summed E-state index contributed by atoms with van der Waals surface area (Å²) in [6.07, 6.45) is 0. The van der Waals surface area contributed by atoms with E-state index in [0.29, 0.717) is 22.2 Å². The topological polar surface area (TPSA) is 29.1 Å². The molecule has 0 fully saturated rings. The predicted molar refractivity (Wildman–Crippen MR) is 83.1 cm³/mol. The first-order valence-electron chi connectivity index (χ1n) is 5.51. The van der Waals surface area contributed by atoms with Crippen LogP contribution < -0.4 is 5.32 Å². The number of amides is 1. The van der Waals surface area contributed by atoms with Gasteiger partial charge in [0.1, 0.15) is 0 Å². The van der Waals surface area contributed by atoms with Crippen molar-refractivity contribution in [1.82, 2.24) is 0 Å². The van der Waals surface area contributed by atoms with E-state index in [2.05, 4.69) is 21.2 Å². The molecule has 5 heteroatoms. The minimum atomic E-state index is -0.189. The summed E-state index contributed by atoms with van der Waals surface area (Å²) in [6, 6.07) is 12.4. The Balaban J connectivity index is 2.18. The highest BCUT2D eigenvalue weighted by atomic mass is 79.9. The van der Waals surface area contributed by atoms with Crippen LogP contribution in [-0.4, -0.2) is 5.91 Å². The van der Waals surface area contributed by atoms with E-state index in [1.807, 2.05) is 6.07 Å². The van der Waals surface area contributed by atoms with Crippen molar-refractivity contribution in [2.45, 2.75) is 5.88 Å². The van der Waals surface area contributed by atoms with E-state index in [9.17, 15) is 4.79 Å². The van der Waals surface area contributed by atoms with Crippen LogP contribution in [0, 0.1) is 0 Å². The smallest absolute Gasteiger partial charge is 0.255 e. The van der Waals surface area contributed by atoms with Crippen molar-refractivity contribution >= 4 is 50.7 Å². The quantitative estimate of drug-likeness (QED) is 0.760. The van der Waals surface area contributed by atoms with Crippen LogP contribution in [-0.2, 0) is 5.88 Å². The maximum atomic E-state index is 12.1. The number of nitrogens with one attached hydrogen (secondary N) is 1. The van der Waals surface area contributed by atoms with Gasteiger partial charge in [-0.1, -0.05) is 23.7 Å². The number of halogens is 3. The number of rotatable bonds is 3. The van der Waals surface area contributed by atoms with Crippen LogP contribution in [0.2, 0.25) is 5.02 Å². The fourth-order valence-electron chi connectivity index (χ4n) is 1.57. The number of carbonyl (C=O) groups is 1. The second-order valence-corrected chi connectivity index (χ2v) is 5.45. The van der Waals surface area contributed by atoms with Crippen molar-refractivity contribution < 1.29 is 4.79 Å². The van der Waals surface area contributed by atoms with Gasteiger partial charge in [0.2, 0.25) is 0 Å². The molecule has 0 aliphatic carbocycles. The Morgan fingerprint density at radius 2 is 2.00 bits per heavy atom. The summed E-state index contributed by atoms with van der Waals surface area (Å²) in [7, 11) is 0. The minimum absolute atomic E-state index is 0.189. The van der Waals surface area contributed by atoms with Crippen molar-refractivity contribution in [3.8, 4) is 0 Å². The second-order valence-electron chi connectivity index (χ2n) is 3.92. The summed E-state index contributed by atoms with van der Waals surface area (Å²) >= 11 is 15.0. The molecule has 19 heavy (non-hydrogen) atoms. The highest BCUT2D eigenvalue weighted by Gasteiger charge is 2.07. The van der Waals surface area contributed by atoms with E-state index in [1.54, 1.807) is 36.4 Å². The number of anilines is 1. The van der Waals surface area contributed by atoms with Gasteiger partial charge in [-0.15, -0.1) is 11.6 Å². The predicted octanol–water partition coefficient (Wildman–Crippen LogP) is 5.09. The maximum absolute atomic E-state index is 12.1. The Labute approximate surface area is 129 Å². The average molecular weight is 359 g/mol.